The molecule has 0 fully saturated rings. The Labute approximate surface area is 94.1 Å². The van der Waals surface area contributed by atoms with Crippen LogP contribution in [0.5, 0.6) is 0 Å². The number of ether oxygens (including phenoxy) is 1. The van der Waals surface area contributed by atoms with Crippen LogP contribution in [-0.2, 0) is 9.53 Å². The first kappa shape index (κ1) is 12.1. The Balaban J connectivity index is 3.09. The van der Waals surface area contributed by atoms with Crippen LogP contribution < -0.4 is 0 Å². The number of esters is 1. The summed E-state index contributed by atoms with van der Waals surface area (Å²) in [7, 11) is 0. The third-order valence-corrected chi connectivity index (χ3v) is 2.04. The van der Waals surface area contributed by atoms with Gasteiger partial charge >= 0.3 is 5.97 Å². The molecule has 0 aliphatic heterocycles. The zero-order chi connectivity index (χ0) is 12.1. The number of aromatic nitrogens is 2. The Bertz CT molecular complexity index is 437. The summed E-state index contributed by atoms with van der Waals surface area (Å²) in [6.45, 7) is 5.41. The Kier molecular flexibility index (Phi) is 3.95. The van der Waals surface area contributed by atoms with E-state index in [0.717, 1.165) is 0 Å². The van der Waals surface area contributed by atoms with Gasteiger partial charge in [0.05, 0.1) is 29.8 Å². The van der Waals surface area contributed by atoms with E-state index in [1.165, 1.54) is 0 Å². The second-order valence-electron chi connectivity index (χ2n) is 3.30. The molecule has 0 amide bonds. The molecule has 0 saturated carbocycles. The van der Waals surface area contributed by atoms with Gasteiger partial charge in [0.1, 0.15) is 0 Å². The number of nitriles is 1. The van der Waals surface area contributed by atoms with Crippen LogP contribution in [0.2, 0.25) is 0 Å². The first-order valence-electron chi connectivity index (χ1n) is 4.96. The lowest BCUT2D eigenvalue weighted by molar-refractivity contribution is -0.143. The van der Waals surface area contributed by atoms with E-state index in [1.807, 2.05) is 6.07 Å². The van der Waals surface area contributed by atoms with Crippen molar-refractivity contribution in [2.75, 3.05) is 6.61 Å². The van der Waals surface area contributed by atoms with E-state index in [2.05, 4.69) is 9.97 Å². The molecule has 5 nitrogen and oxygen atoms in total. The minimum Gasteiger partial charge on any atom is -0.465 e. The number of nitrogens with zero attached hydrogens (tertiary/aromatic N) is 3. The summed E-state index contributed by atoms with van der Waals surface area (Å²) in [6, 6.07) is 1.89. The second kappa shape index (κ2) is 5.21. The van der Waals surface area contributed by atoms with Crippen LogP contribution in [0.4, 0.5) is 0 Å². The van der Waals surface area contributed by atoms with E-state index in [4.69, 9.17) is 10.00 Å². The molecule has 1 unspecified atom stereocenters. The number of hydrogen-bond donors (Lipinski definition) is 0. The second-order valence-corrected chi connectivity index (χ2v) is 3.30. The number of carbonyl (C=O) groups excluding carboxylic acids is 1. The lowest BCUT2D eigenvalue weighted by atomic mass is 10.1. The summed E-state index contributed by atoms with van der Waals surface area (Å²) in [6.07, 6.45) is 1.60. The van der Waals surface area contributed by atoms with E-state index < -0.39 is 11.9 Å². The zero-order valence-corrected chi connectivity index (χ0v) is 9.52. The zero-order valence-electron chi connectivity index (χ0n) is 9.52. The fourth-order valence-electron chi connectivity index (χ4n) is 1.28. The predicted molar refractivity (Wildman–Crippen MR) is 56.5 cm³/mol. The smallest absolute Gasteiger partial charge is 0.329 e. The molecule has 1 aromatic rings. The highest BCUT2D eigenvalue weighted by atomic mass is 16.5. The Morgan fingerprint density at radius 2 is 2.31 bits per heavy atom. The summed E-state index contributed by atoms with van der Waals surface area (Å²) in [4.78, 5) is 19.8. The molecular weight excluding hydrogens is 206 g/mol. The molecule has 0 aliphatic rings. The molecule has 0 bridgehead atoms. The Morgan fingerprint density at radius 1 is 1.62 bits per heavy atom. The van der Waals surface area contributed by atoms with Crippen LogP contribution in [0.1, 0.15) is 29.9 Å². The molecule has 0 N–H and O–H groups in total. The van der Waals surface area contributed by atoms with E-state index in [-0.39, 0.29) is 6.61 Å². The third-order valence-electron chi connectivity index (χ3n) is 2.04. The van der Waals surface area contributed by atoms with Crippen LogP contribution >= 0.6 is 0 Å². The lowest BCUT2D eigenvalue weighted by Crippen LogP contribution is -2.17. The molecule has 1 atom stereocenters. The molecule has 0 aliphatic carbocycles. The number of aryl methyl sites for hydroxylation is 2. The van der Waals surface area contributed by atoms with E-state index in [0.29, 0.717) is 17.1 Å². The van der Waals surface area contributed by atoms with Crippen LogP contribution in [-0.4, -0.2) is 22.5 Å². The highest BCUT2D eigenvalue weighted by Crippen LogP contribution is 2.17. The molecular formula is C11H13N3O2. The molecule has 16 heavy (non-hydrogen) atoms. The quantitative estimate of drug-likeness (QED) is 0.715. The highest BCUT2D eigenvalue weighted by molar-refractivity contribution is 5.80. The monoisotopic (exact) mass is 219 g/mol. The van der Waals surface area contributed by atoms with Crippen LogP contribution in [0.25, 0.3) is 0 Å². The topological polar surface area (TPSA) is 75.9 Å². The Hall–Kier alpha value is -1.96. The van der Waals surface area contributed by atoms with Gasteiger partial charge in [0.2, 0.25) is 0 Å². The van der Waals surface area contributed by atoms with E-state index in [1.54, 1.807) is 27.0 Å². The van der Waals surface area contributed by atoms with Crippen molar-refractivity contribution in [3.05, 3.63) is 23.3 Å². The average molecular weight is 219 g/mol. The van der Waals surface area contributed by atoms with Crippen molar-refractivity contribution >= 4 is 5.97 Å². The summed E-state index contributed by atoms with van der Waals surface area (Å²) >= 11 is 0. The van der Waals surface area contributed by atoms with Crippen molar-refractivity contribution in [1.82, 2.24) is 9.97 Å². The van der Waals surface area contributed by atoms with Crippen LogP contribution in [0.15, 0.2) is 6.20 Å². The van der Waals surface area contributed by atoms with Gasteiger partial charge in [-0.15, -0.1) is 0 Å². The maximum absolute atomic E-state index is 11.5. The molecule has 5 heteroatoms. The van der Waals surface area contributed by atoms with Crippen LogP contribution in [0, 0.1) is 25.2 Å². The van der Waals surface area contributed by atoms with Crippen molar-refractivity contribution in [3.63, 3.8) is 0 Å². The predicted octanol–water partition coefficient (Wildman–Crippen LogP) is 1.26. The van der Waals surface area contributed by atoms with Gasteiger partial charge in [-0.25, -0.2) is 0 Å². The standard InChI is InChI=1S/C11H13N3O2/c1-4-16-11(15)9(5-12)10-8(3)13-6-7(2)14-10/h6,9H,4H2,1-3H3. The number of rotatable bonds is 3. The molecule has 0 spiro atoms. The maximum Gasteiger partial charge on any atom is 0.329 e. The van der Waals surface area contributed by atoms with Gasteiger partial charge in [0, 0.05) is 6.20 Å². The van der Waals surface area contributed by atoms with E-state index >= 15 is 0 Å². The van der Waals surface area contributed by atoms with Gasteiger partial charge in [-0.2, -0.15) is 5.26 Å². The minimum absolute atomic E-state index is 0.245. The van der Waals surface area contributed by atoms with E-state index in [9.17, 15) is 4.79 Å². The van der Waals surface area contributed by atoms with Crippen molar-refractivity contribution in [2.24, 2.45) is 0 Å². The maximum atomic E-state index is 11.5. The van der Waals surface area contributed by atoms with Gasteiger partial charge in [-0.3, -0.25) is 14.8 Å². The molecule has 84 valence electrons. The van der Waals surface area contributed by atoms with Gasteiger partial charge in [-0.1, -0.05) is 0 Å². The SMILES string of the molecule is CCOC(=O)C(C#N)c1nc(C)cnc1C. The van der Waals surface area contributed by atoms with Crippen molar-refractivity contribution < 1.29 is 9.53 Å². The van der Waals surface area contributed by atoms with Crippen molar-refractivity contribution in [3.8, 4) is 6.07 Å². The largest absolute Gasteiger partial charge is 0.465 e. The summed E-state index contributed by atoms with van der Waals surface area (Å²) in [5.41, 5.74) is 1.62. The average Bonchev–Trinajstić information content (AvgIpc) is 2.24. The highest BCUT2D eigenvalue weighted by Gasteiger charge is 2.25. The number of hydrogen-bond acceptors (Lipinski definition) is 5. The van der Waals surface area contributed by atoms with Gasteiger partial charge in [-0.05, 0) is 20.8 Å². The summed E-state index contributed by atoms with van der Waals surface area (Å²) in [5, 5.41) is 8.97. The lowest BCUT2D eigenvalue weighted by Gasteiger charge is -2.10. The van der Waals surface area contributed by atoms with Gasteiger partial charge in [0.25, 0.3) is 0 Å². The van der Waals surface area contributed by atoms with Gasteiger partial charge in [0.15, 0.2) is 5.92 Å². The summed E-state index contributed by atoms with van der Waals surface area (Å²) in [5.74, 6) is -1.57. The minimum atomic E-state index is -0.993. The number of carbonyl (C=O) groups is 1. The van der Waals surface area contributed by atoms with Crippen LogP contribution in [0.3, 0.4) is 0 Å². The Morgan fingerprint density at radius 3 is 2.88 bits per heavy atom. The third kappa shape index (κ3) is 2.54. The normalized spacial score (nSPS) is 11.6. The summed E-state index contributed by atoms with van der Waals surface area (Å²) < 4.78 is 4.81. The fraction of sp³-hybridized carbons (Fsp3) is 0.455. The molecule has 1 rings (SSSR count). The first-order valence-corrected chi connectivity index (χ1v) is 4.96. The van der Waals surface area contributed by atoms with Crippen molar-refractivity contribution in [2.45, 2.75) is 26.7 Å². The van der Waals surface area contributed by atoms with Crippen molar-refractivity contribution in [1.29, 1.82) is 5.26 Å². The molecule has 1 aromatic heterocycles. The molecule has 0 saturated heterocycles. The van der Waals surface area contributed by atoms with Gasteiger partial charge < -0.3 is 4.74 Å². The molecule has 1 heterocycles. The molecule has 0 aromatic carbocycles. The fourth-order valence-corrected chi connectivity index (χ4v) is 1.28. The first-order chi connectivity index (χ1) is 7.60. The molecule has 0 radical (unpaired) electrons.